The summed E-state index contributed by atoms with van der Waals surface area (Å²) in [5.74, 6) is 0. The van der Waals surface area contributed by atoms with Gasteiger partial charge in [0.15, 0.2) is 0 Å². The Morgan fingerprint density at radius 2 is 1.65 bits per heavy atom. The molecule has 0 radical (unpaired) electrons. The average Bonchev–Trinajstić information content (AvgIpc) is 2.35. The Morgan fingerprint density at radius 1 is 0.950 bits per heavy atom. The molecule has 0 amide bonds. The Labute approximate surface area is 132 Å². The van der Waals surface area contributed by atoms with Crippen molar-refractivity contribution in [2.45, 2.75) is 20.9 Å². The van der Waals surface area contributed by atoms with E-state index in [1.54, 1.807) is 24.3 Å². The lowest BCUT2D eigenvalue weighted by Gasteiger charge is -2.08. The molecule has 0 saturated heterocycles. The van der Waals surface area contributed by atoms with Crippen molar-refractivity contribution >= 4 is 45.8 Å². The monoisotopic (exact) mass is 352 g/mol. The van der Waals surface area contributed by atoms with Gasteiger partial charge in [0.1, 0.15) is 0 Å². The second-order valence-corrected chi connectivity index (χ2v) is 7.07. The van der Waals surface area contributed by atoms with Gasteiger partial charge < -0.3 is 0 Å². The minimum Gasteiger partial charge on any atom is -0.166 e. The first kappa shape index (κ1) is 15.9. The van der Waals surface area contributed by atoms with E-state index in [4.69, 9.17) is 11.6 Å². The second kappa shape index (κ2) is 6.56. The molecule has 2 rings (SSSR count). The highest BCUT2D eigenvalue weighted by atomic mass is 35.5. The van der Waals surface area contributed by atoms with Crippen molar-refractivity contribution in [2.75, 3.05) is 0 Å². The van der Waals surface area contributed by atoms with Gasteiger partial charge in [0.25, 0.3) is 0 Å². The number of rotatable bonds is 3. The quantitative estimate of drug-likeness (QED) is 0.498. The highest BCUT2D eigenvalue weighted by molar-refractivity contribution is 8.76. The van der Waals surface area contributed by atoms with Crippen LogP contribution >= 0.6 is 45.8 Å². The number of halogens is 4. The summed E-state index contributed by atoms with van der Waals surface area (Å²) in [5, 5.41) is 0.546. The van der Waals surface area contributed by atoms with Gasteiger partial charge in [-0.3, -0.25) is 0 Å². The first-order valence-corrected chi connectivity index (χ1v) is 8.33. The van der Waals surface area contributed by atoms with Crippen LogP contribution in [0.5, 0.6) is 0 Å². The maximum atomic E-state index is 12.6. The Kier molecular flexibility index (Phi) is 5.23. The number of benzene rings is 2. The molecule has 7 heteroatoms. The van der Waals surface area contributed by atoms with Crippen molar-refractivity contribution in [2.24, 2.45) is 0 Å². The number of hydrogen-bond acceptors (Lipinski definition) is 3. The van der Waals surface area contributed by atoms with Crippen LogP contribution in [-0.2, 0) is 6.18 Å². The fourth-order valence-corrected chi connectivity index (χ4v) is 4.19. The highest BCUT2D eigenvalue weighted by Crippen LogP contribution is 2.40. The van der Waals surface area contributed by atoms with Crippen LogP contribution in [0.15, 0.2) is 57.2 Å². The molecule has 0 aliphatic heterocycles. The summed E-state index contributed by atoms with van der Waals surface area (Å²) >= 11 is 10.1. The molecule has 0 aliphatic carbocycles. The first-order valence-electron chi connectivity index (χ1n) is 5.36. The third kappa shape index (κ3) is 4.55. The molecule has 0 fully saturated rings. The van der Waals surface area contributed by atoms with Crippen LogP contribution in [0.1, 0.15) is 5.56 Å². The predicted molar refractivity (Wildman–Crippen MR) is 81.9 cm³/mol. The van der Waals surface area contributed by atoms with Crippen LogP contribution in [0.3, 0.4) is 0 Å². The molecule has 0 N–H and O–H groups in total. The van der Waals surface area contributed by atoms with Gasteiger partial charge in [-0.25, -0.2) is 0 Å². The van der Waals surface area contributed by atoms with E-state index in [1.165, 1.54) is 27.7 Å². The summed E-state index contributed by atoms with van der Waals surface area (Å²) in [5.41, 5.74) is -0.649. The summed E-state index contributed by atoms with van der Waals surface area (Å²) in [4.78, 5) is 2.08. The van der Waals surface area contributed by atoms with E-state index >= 15 is 0 Å². The SMILES string of the molecule is FC(F)(F)c1cccc(SSc2cc(S)cc(Cl)c2)c1. The number of thiol groups is 1. The van der Waals surface area contributed by atoms with Gasteiger partial charge in [0, 0.05) is 19.7 Å². The maximum Gasteiger partial charge on any atom is 0.416 e. The summed E-state index contributed by atoms with van der Waals surface area (Å²) in [6.07, 6.45) is -4.32. The lowest BCUT2D eigenvalue weighted by molar-refractivity contribution is -0.137. The molecule has 0 bridgehead atoms. The Balaban J connectivity index is 2.11. The van der Waals surface area contributed by atoms with E-state index in [9.17, 15) is 13.2 Å². The van der Waals surface area contributed by atoms with Crippen LogP contribution in [0.25, 0.3) is 0 Å². The molecule has 0 atom stereocenters. The lowest BCUT2D eigenvalue weighted by atomic mass is 10.2. The zero-order valence-electron chi connectivity index (χ0n) is 9.82. The fraction of sp³-hybridized carbons (Fsp3) is 0.0769. The molecule has 2 aromatic carbocycles. The molecule has 0 aliphatic rings. The van der Waals surface area contributed by atoms with Crippen molar-refractivity contribution in [3.05, 3.63) is 53.1 Å². The molecule has 2 aromatic rings. The predicted octanol–water partition coefficient (Wildman–Crippen LogP) is 6.45. The zero-order valence-corrected chi connectivity index (χ0v) is 13.1. The van der Waals surface area contributed by atoms with Gasteiger partial charge in [-0.15, -0.1) is 12.6 Å². The Hall–Kier alpha value is -0.430. The molecule has 20 heavy (non-hydrogen) atoms. The van der Waals surface area contributed by atoms with Crippen molar-refractivity contribution in [1.29, 1.82) is 0 Å². The van der Waals surface area contributed by atoms with E-state index in [0.717, 1.165) is 17.0 Å². The van der Waals surface area contributed by atoms with Gasteiger partial charge in [0.2, 0.25) is 0 Å². The lowest BCUT2D eigenvalue weighted by Crippen LogP contribution is -2.04. The zero-order chi connectivity index (χ0) is 14.8. The Morgan fingerprint density at radius 3 is 2.30 bits per heavy atom. The molecular weight excluding hydrogens is 345 g/mol. The van der Waals surface area contributed by atoms with Crippen molar-refractivity contribution < 1.29 is 13.2 Å². The van der Waals surface area contributed by atoms with Crippen LogP contribution in [0.4, 0.5) is 13.2 Å². The summed E-state index contributed by atoms with van der Waals surface area (Å²) in [6, 6.07) is 10.5. The van der Waals surface area contributed by atoms with Gasteiger partial charge in [0.05, 0.1) is 5.56 Å². The summed E-state index contributed by atoms with van der Waals surface area (Å²) in [7, 11) is 2.58. The third-order valence-corrected chi connectivity index (χ3v) is 5.09. The largest absolute Gasteiger partial charge is 0.416 e. The van der Waals surface area contributed by atoms with Gasteiger partial charge in [-0.1, -0.05) is 39.3 Å². The molecule has 0 aromatic heterocycles. The molecule has 106 valence electrons. The van der Waals surface area contributed by atoms with Gasteiger partial charge >= 0.3 is 6.18 Å². The van der Waals surface area contributed by atoms with Crippen LogP contribution in [0.2, 0.25) is 5.02 Å². The minimum atomic E-state index is -4.32. The van der Waals surface area contributed by atoms with E-state index in [-0.39, 0.29) is 0 Å². The summed E-state index contributed by atoms with van der Waals surface area (Å²) in [6.45, 7) is 0. The fourth-order valence-electron chi connectivity index (χ4n) is 1.42. The number of hydrogen-bond donors (Lipinski definition) is 1. The van der Waals surface area contributed by atoms with E-state index < -0.39 is 11.7 Å². The first-order chi connectivity index (χ1) is 9.34. The van der Waals surface area contributed by atoms with E-state index in [0.29, 0.717) is 14.8 Å². The molecule has 0 unspecified atom stereocenters. The second-order valence-electron chi connectivity index (χ2n) is 3.84. The minimum absolute atomic E-state index is 0.533. The average molecular weight is 353 g/mol. The van der Waals surface area contributed by atoms with Gasteiger partial charge in [-0.05, 0) is 36.4 Å². The van der Waals surface area contributed by atoms with Crippen molar-refractivity contribution in [3.63, 3.8) is 0 Å². The van der Waals surface area contributed by atoms with E-state index in [2.05, 4.69) is 12.6 Å². The molecule has 0 heterocycles. The smallest absolute Gasteiger partial charge is 0.166 e. The summed E-state index contributed by atoms with van der Waals surface area (Å²) < 4.78 is 37.8. The normalized spacial score (nSPS) is 11.7. The molecule has 0 saturated carbocycles. The Bertz CT molecular complexity index is 594. The standard InChI is InChI=1S/C13H8ClF3S3/c14-9-5-10(18)7-12(6-9)20-19-11-3-1-2-8(4-11)13(15,16)17/h1-7,18H. The third-order valence-electron chi connectivity index (χ3n) is 2.25. The maximum absolute atomic E-state index is 12.6. The molecular formula is C13H8ClF3S3. The van der Waals surface area contributed by atoms with Crippen LogP contribution in [-0.4, -0.2) is 0 Å². The molecule has 0 nitrogen and oxygen atoms in total. The topological polar surface area (TPSA) is 0 Å². The van der Waals surface area contributed by atoms with Gasteiger partial charge in [-0.2, -0.15) is 13.2 Å². The van der Waals surface area contributed by atoms with Crippen LogP contribution < -0.4 is 0 Å². The van der Waals surface area contributed by atoms with Crippen LogP contribution in [0, 0.1) is 0 Å². The molecule has 0 spiro atoms. The highest BCUT2D eigenvalue weighted by Gasteiger charge is 2.30. The van der Waals surface area contributed by atoms with E-state index in [1.807, 2.05) is 0 Å². The van der Waals surface area contributed by atoms with Crippen molar-refractivity contribution in [3.8, 4) is 0 Å². The number of alkyl halides is 3. The van der Waals surface area contributed by atoms with Crippen molar-refractivity contribution in [1.82, 2.24) is 0 Å².